The van der Waals surface area contributed by atoms with Gasteiger partial charge in [-0.25, -0.2) is 38.0 Å². The van der Waals surface area contributed by atoms with E-state index in [-0.39, 0.29) is 77.8 Å². The number of nitrogens with two attached hydrogens (primary N) is 1. The van der Waals surface area contributed by atoms with E-state index in [0.29, 0.717) is 12.0 Å². The topological polar surface area (TPSA) is 365 Å². The largest absolute Gasteiger partial charge is 0.480 e. The highest BCUT2D eigenvalue weighted by atomic mass is 31.3. The minimum absolute atomic E-state index is 0.0313. The minimum atomic E-state index is -5.63. The number of hydrogen-bond acceptors (Lipinski definition) is 17. The van der Waals surface area contributed by atoms with Gasteiger partial charge in [0.15, 0.2) is 29.3 Å². The molecule has 8 atom stereocenters. The molecule has 0 bridgehead atoms. The van der Waals surface area contributed by atoms with Gasteiger partial charge in [-0.05, 0) is 95.5 Å². The molecule has 9 rings (SSSR count). The second-order valence-corrected chi connectivity index (χ2v) is 27.6. The lowest BCUT2D eigenvalue weighted by molar-refractivity contribution is -0.121. The van der Waals surface area contributed by atoms with Crippen molar-refractivity contribution < 1.29 is 75.8 Å². The van der Waals surface area contributed by atoms with E-state index in [2.05, 4.69) is 119 Å². The number of aromatic nitrogens is 4. The number of nitrogens with zero attached hydrogens (tertiary/aromatic N) is 7. The van der Waals surface area contributed by atoms with Gasteiger partial charge >= 0.3 is 29.4 Å². The second-order valence-electron chi connectivity index (χ2n) is 22.8. The summed E-state index contributed by atoms with van der Waals surface area (Å²) in [6, 6.07) is 16.6. The summed E-state index contributed by atoms with van der Waals surface area (Å²) in [5.74, 6) is 1.36. The van der Waals surface area contributed by atoms with Gasteiger partial charge in [0.25, 0.3) is 5.91 Å². The normalized spacial score (nSPS) is 22.8. The van der Waals surface area contributed by atoms with E-state index >= 15 is 0 Å². The quantitative estimate of drug-likeness (QED) is 0.0286. The molecule has 27 nitrogen and oxygen atoms in total. The maximum absolute atomic E-state index is 14.7. The fourth-order valence-corrected chi connectivity index (χ4v) is 15.8. The summed E-state index contributed by atoms with van der Waals surface area (Å²) in [5.41, 5.74) is 12.7. The highest BCUT2D eigenvalue weighted by Gasteiger charge is 2.50. The van der Waals surface area contributed by atoms with Gasteiger partial charge in [0.05, 0.1) is 19.0 Å². The summed E-state index contributed by atoms with van der Waals surface area (Å²) in [6.45, 7) is 18.7. The first-order valence-electron chi connectivity index (χ1n) is 27.6. The van der Waals surface area contributed by atoms with Crippen LogP contribution in [0.1, 0.15) is 132 Å². The molecular formula is C54H73N11O16P3+. The van der Waals surface area contributed by atoms with E-state index in [0.717, 1.165) is 81.6 Å². The maximum atomic E-state index is 14.7. The predicted molar refractivity (Wildman–Crippen MR) is 308 cm³/mol. The van der Waals surface area contributed by atoms with Gasteiger partial charge in [-0.15, -0.1) is 4.86 Å². The highest BCUT2D eigenvalue weighted by Crippen LogP contribution is 2.61. The van der Waals surface area contributed by atoms with E-state index < -0.39 is 60.6 Å². The summed E-state index contributed by atoms with van der Waals surface area (Å²) < 4.78 is 66.6. The number of rotatable bonds is 20. The molecule has 84 heavy (non-hydrogen) atoms. The monoisotopic (exact) mass is 1220 g/mol. The third kappa shape index (κ3) is 13.0. The van der Waals surface area contributed by atoms with E-state index in [1.165, 1.54) is 22.0 Å². The summed E-state index contributed by atoms with van der Waals surface area (Å²) >= 11 is 0. The number of phosphoric ester groups is 1. The van der Waals surface area contributed by atoms with Crippen LogP contribution in [0.2, 0.25) is 0 Å². The Morgan fingerprint density at radius 1 is 0.917 bits per heavy atom. The van der Waals surface area contributed by atoms with E-state index in [1.54, 1.807) is 11.9 Å². The molecular weight excluding hydrogens is 1150 g/mol. The molecule has 0 aliphatic carbocycles. The molecule has 0 saturated carbocycles. The first-order chi connectivity index (χ1) is 39.4. The molecule has 4 aliphatic rings. The zero-order valence-electron chi connectivity index (χ0n) is 48.1. The van der Waals surface area contributed by atoms with Crippen LogP contribution in [0.3, 0.4) is 0 Å². The highest BCUT2D eigenvalue weighted by molar-refractivity contribution is 7.70. The maximum Gasteiger partial charge on any atom is 0.480 e. The van der Waals surface area contributed by atoms with Gasteiger partial charge in [-0.1, -0.05) is 32.0 Å². The Bertz CT molecular complexity index is 3690. The van der Waals surface area contributed by atoms with Crippen LogP contribution < -0.4 is 46.0 Å². The Morgan fingerprint density at radius 3 is 2.35 bits per heavy atom. The van der Waals surface area contributed by atoms with E-state index in [9.17, 15) is 43.0 Å². The van der Waals surface area contributed by atoms with Crippen LogP contribution in [0.25, 0.3) is 16.7 Å². The van der Waals surface area contributed by atoms with Gasteiger partial charge < -0.3 is 65.1 Å². The molecule has 2 aromatic heterocycles. The molecule has 0 radical (unpaired) electrons. The van der Waals surface area contributed by atoms with Gasteiger partial charge in [0.2, 0.25) is 11.3 Å². The number of aliphatic hydroxyl groups excluding tert-OH is 1. The van der Waals surface area contributed by atoms with Gasteiger partial charge in [0.1, 0.15) is 42.1 Å². The van der Waals surface area contributed by atoms with Crippen molar-refractivity contribution in [2.45, 2.75) is 129 Å². The summed E-state index contributed by atoms with van der Waals surface area (Å²) in [7, 11) is -14.9. The van der Waals surface area contributed by atoms with Gasteiger partial charge in [-0.3, -0.25) is 18.7 Å². The Hall–Kier alpha value is -6.18. The molecule has 10 N–H and O–H groups in total. The fourth-order valence-electron chi connectivity index (χ4n) is 12.4. The number of fused-ring (bicyclic) bond motifs is 5. The number of phosphoric acid groups is 1. The summed E-state index contributed by atoms with van der Waals surface area (Å²) in [6.07, 6.45) is -3.10. The Morgan fingerprint density at radius 2 is 1.63 bits per heavy atom. The number of alkyl carbamates (subject to hydrolysis) is 1. The molecule has 30 heteroatoms. The number of carbonyl (C=O) groups excluding carboxylic acids is 3. The number of ether oxygens (including phenoxy) is 3. The first kappa shape index (κ1) is 62.4. The lowest BCUT2D eigenvalue weighted by Crippen LogP contribution is -2.52. The van der Waals surface area contributed by atoms with Gasteiger partial charge in [-0.2, -0.15) is 4.31 Å². The fraction of sp³-hybridized carbons (Fsp3) is 0.500. The van der Waals surface area contributed by atoms with Crippen LogP contribution in [0.5, 0.6) is 11.5 Å². The molecule has 4 unspecified atom stereocenters. The zero-order chi connectivity index (χ0) is 61.0. The van der Waals surface area contributed by atoms with Crippen LogP contribution in [0.4, 0.5) is 16.3 Å². The smallest absolute Gasteiger partial charge is 0.456 e. The third-order valence-corrected chi connectivity index (χ3v) is 20.1. The standard InChI is InChI=1S/C54H72N11O16P3/c1-10-64-38-23-40-36(21-34(38)30(3)25-53(64,5)6)44(37-22-35-31(4)26-54(7,8)65(11-2)39(35)24-41(37)78-40)32-15-12-13-16-33(32)50(68)62(9)20-14-17-43(66)56-18-19-57-52(69)80-47-46(67)42(27-77-84(75,76)81-83(73,74)61-82(70,71)72)79-51(47)63-29-60-45-48(55)58-28-59-49(45)63/h12-13,15-16,21-24,28-31,42,46-47,51,67H,10-11,14,17-20,25-27H2,1-9H3,(H8-,55,56,57,58,59,61,66,69,70,71,72,73,74,75,76)/p+1/t30?,31?,42-,46-,47-,51-/m1/s1. The van der Waals surface area contributed by atoms with Crippen molar-refractivity contribution in [3.8, 4) is 11.5 Å². The molecule has 454 valence electrons. The molecule has 3 aromatic carbocycles. The molecule has 4 aliphatic heterocycles. The van der Waals surface area contributed by atoms with E-state index in [1.807, 2.05) is 24.3 Å². The number of imidazole rings is 1. The van der Waals surface area contributed by atoms with Crippen LogP contribution >= 0.6 is 23.3 Å². The number of carbonyl (C=O) groups is 3. The number of benzene rings is 3. The number of amides is 3. The number of hydrogen-bond donors (Lipinski definition) is 9. The lowest BCUT2D eigenvalue weighted by Gasteiger charge is -2.47. The Labute approximate surface area is 484 Å². The Balaban J connectivity index is 0.858. The average Bonchev–Trinajstić information content (AvgIpc) is 1.20. The number of nitrogen functional groups attached to an aromatic ring is 1. The van der Waals surface area contributed by atoms with Crippen molar-refractivity contribution in [1.29, 1.82) is 0 Å². The first-order valence-corrected chi connectivity index (χ1v) is 32.3. The SMILES string of the molecule is CCN1c2cc3c(cc2C(C)CC1(C)C)C(c1ccccc1C(=O)N(C)CCCC(=O)NCCNC(=O)O[C@@H]1[C@H](O)[C@@H](COP(=O)(O)OP(=O)(O)NP(=O)(O)O)O[C@H]1n1cnc2c(N)ncnc21)=c1cc2c(cc1O3)=[N+](CC)C(C)(C)CC2C. The predicted octanol–water partition coefficient (Wildman–Crippen LogP) is 4.61. The summed E-state index contributed by atoms with van der Waals surface area (Å²) in [5, 5.41) is 18.6. The summed E-state index contributed by atoms with van der Waals surface area (Å²) in [4.78, 5) is 95.9. The van der Waals surface area contributed by atoms with Gasteiger partial charge in [0, 0.05) is 90.8 Å². The molecule has 1 fully saturated rings. The van der Waals surface area contributed by atoms with Crippen molar-refractivity contribution in [3.05, 3.63) is 99.6 Å². The van der Waals surface area contributed by atoms with Crippen molar-refractivity contribution in [2.24, 2.45) is 0 Å². The number of aliphatic hydroxyl groups is 1. The Kier molecular flexibility index (Phi) is 17.8. The average molecular weight is 1230 g/mol. The van der Waals surface area contributed by atoms with Crippen molar-refractivity contribution in [2.75, 3.05) is 57.0 Å². The van der Waals surface area contributed by atoms with Crippen LogP contribution in [-0.2, 0) is 36.8 Å². The molecule has 6 heterocycles. The molecule has 3 amide bonds. The number of nitrogens with one attached hydrogen (secondary N) is 3. The van der Waals surface area contributed by atoms with Crippen molar-refractivity contribution in [1.82, 2.24) is 44.5 Å². The minimum Gasteiger partial charge on any atom is -0.456 e. The van der Waals surface area contributed by atoms with Crippen molar-refractivity contribution >= 4 is 69.5 Å². The lowest BCUT2D eigenvalue weighted by atomic mass is 9.77. The molecule has 0 spiro atoms. The molecule has 1 saturated heterocycles. The van der Waals surface area contributed by atoms with Crippen LogP contribution in [-0.4, -0.2) is 143 Å². The van der Waals surface area contributed by atoms with E-state index in [4.69, 9.17) is 34.3 Å². The number of anilines is 2. The second kappa shape index (κ2) is 23.9. The van der Waals surface area contributed by atoms with Crippen LogP contribution in [0, 0.1) is 0 Å². The molecule has 5 aromatic rings. The van der Waals surface area contributed by atoms with Crippen molar-refractivity contribution in [3.63, 3.8) is 0 Å². The van der Waals surface area contributed by atoms with Crippen LogP contribution in [0.15, 0.2) is 61.2 Å². The third-order valence-electron chi connectivity index (χ3n) is 15.8. The zero-order valence-corrected chi connectivity index (χ0v) is 50.8.